The van der Waals surface area contributed by atoms with Crippen molar-refractivity contribution >= 4 is 44.8 Å². The van der Waals surface area contributed by atoms with E-state index in [0.29, 0.717) is 17.0 Å². The molecule has 0 saturated carbocycles. The van der Waals surface area contributed by atoms with E-state index in [4.69, 9.17) is 12.2 Å². The largest absolute Gasteiger partial charge is 1.00 e. The zero-order chi connectivity index (χ0) is 7.98. The SMILES string of the molecule is COC(=O)CCC(=S)S[S-].[Na+]. The van der Waals surface area contributed by atoms with Crippen molar-refractivity contribution in [3.8, 4) is 0 Å². The van der Waals surface area contributed by atoms with Crippen LogP contribution >= 0.6 is 23.0 Å². The predicted molar refractivity (Wildman–Crippen MR) is 48.8 cm³/mol. The minimum atomic E-state index is -0.244. The van der Waals surface area contributed by atoms with Gasteiger partial charge >= 0.3 is 35.5 Å². The van der Waals surface area contributed by atoms with Gasteiger partial charge in [-0.25, -0.2) is 0 Å². The number of ether oxygens (including phenoxy) is 1. The number of esters is 1. The van der Waals surface area contributed by atoms with E-state index in [0.717, 1.165) is 10.8 Å². The van der Waals surface area contributed by atoms with Gasteiger partial charge in [-0.05, 0) is 6.42 Å². The van der Waals surface area contributed by atoms with E-state index in [2.05, 4.69) is 16.4 Å². The Kier molecular flexibility index (Phi) is 12.5. The summed E-state index contributed by atoms with van der Waals surface area (Å²) in [6.45, 7) is 0. The van der Waals surface area contributed by atoms with Crippen LogP contribution in [0.1, 0.15) is 12.8 Å². The van der Waals surface area contributed by atoms with Crippen LogP contribution < -0.4 is 29.6 Å². The van der Waals surface area contributed by atoms with Gasteiger partial charge in [0.2, 0.25) is 0 Å². The van der Waals surface area contributed by atoms with Gasteiger partial charge in [0.1, 0.15) is 0 Å². The number of hydrogen-bond acceptors (Lipinski definition) is 5. The molecule has 0 atom stereocenters. The van der Waals surface area contributed by atoms with E-state index in [9.17, 15) is 4.79 Å². The summed E-state index contributed by atoms with van der Waals surface area (Å²) in [6.07, 6.45) is 0.870. The van der Waals surface area contributed by atoms with Gasteiger partial charge in [-0.1, -0.05) is 12.2 Å². The first-order chi connectivity index (χ1) is 4.70. The molecule has 0 aliphatic carbocycles. The van der Waals surface area contributed by atoms with Crippen molar-refractivity contribution in [1.29, 1.82) is 0 Å². The van der Waals surface area contributed by atoms with Crippen molar-refractivity contribution in [3.63, 3.8) is 0 Å². The van der Waals surface area contributed by atoms with Crippen LogP contribution in [0.2, 0.25) is 0 Å². The van der Waals surface area contributed by atoms with E-state index in [1.165, 1.54) is 7.11 Å². The first-order valence-electron chi connectivity index (χ1n) is 2.60. The summed E-state index contributed by atoms with van der Waals surface area (Å²) in [4.78, 5) is 10.5. The van der Waals surface area contributed by atoms with Gasteiger partial charge in [0.25, 0.3) is 0 Å². The molecule has 0 saturated heterocycles. The molecule has 0 aromatic rings. The van der Waals surface area contributed by atoms with E-state index in [1.807, 2.05) is 0 Å². The molecule has 0 bridgehead atoms. The van der Waals surface area contributed by atoms with Crippen molar-refractivity contribution < 1.29 is 39.1 Å². The third-order valence-electron chi connectivity index (χ3n) is 0.854. The fraction of sp³-hybridized carbons (Fsp3) is 0.600. The number of methoxy groups -OCH3 is 1. The molecule has 0 heterocycles. The molecule has 6 heteroatoms. The Labute approximate surface area is 103 Å². The summed E-state index contributed by atoms with van der Waals surface area (Å²) < 4.78 is 5.07. The Morgan fingerprint density at radius 2 is 2.18 bits per heavy atom. The van der Waals surface area contributed by atoms with E-state index in [1.54, 1.807) is 0 Å². The number of thiocarbonyl (C=S) groups is 1. The van der Waals surface area contributed by atoms with Gasteiger partial charge < -0.3 is 16.4 Å². The molecule has 0 aliphatic heterocycles. The van der Waals surface area contributed by atoms with Gasteiger partial charge in [-0.3, -0.25) is 15.6 Å². The van der Waals surface area contributed by atoms with Crippen molar-refractivity contribution in [3.05, 3.63) is 0 Å². The molecule has 2 nitrogen and oxygen atoms in total. The van der Waals surface area contributed by atoms with Crippen molar-refractivity contribution in [2.45, 2.75) is 12.8 Å². The van der Waals surface area contributed by atoms with Gasteiger partial charge in [0.05, 0.1) is 13.5 Å². The van der Waals surface area contributed by atoms with Gasteiger partial charge in [0, 0.05) is 4.20 Å². The smallest absolute Gasteiger partial charge is 0.713 e. The quantitative estimate of drug-likeness (QED) is 0.188. The normalized spacial score (nSPS) is 8.18. The number of carbonyl (C=O) groups excluding carboxylic acids is 1. The van der Waals surface area contributed by atoms with E-state index >= 15 is 0 Å². The van der Waals surface area contributed by atoms with Gasteiger partial charge in [0.15, 0.2) is 0 Å². The number of carbonyl (C=O) groups is 1. The fourth-order valence-electron chi connectivity index (χ4n) is 0.348. The van der Waals surface area contributed by atoms with Crippen LogP contribution in [0.15, 0.2) is 0 Å². The van der Waals surface area contributed by atoms with Gasteiger partial charge in [-0.2, -0.15) is 0 Å². The molecule has 0 N–H and O–H groups in total. The summed E-state index contributed by atoms with van der Waals surface area (Å²) in [6, 6.07) is 0. The molecule has 0 radical (unpaired) electrons. The molecule has 0 aromatic heterocycles. The minimum Gasteiger partial charge on any atom is -0.713 e. The molecule has 0 amide bonds. The van der Waals surface area contributed by atoms with Crippen LogP contribution in [0.4, 0.5) is 0 Å². The third-order valence-corrected chi connectivity index (χ3v) is 2.62. The molecule has 0 unspecified atom stereocenters. The van der Waals surface area contributed by atoms with Gasteiger partial charge in [-0.15, -0.1) is 0 Å². The summed E-state index contributed by atoms with van der Waals surface area (Å²) in [5, 5.41) is 0. The zero-order valence-electron chi connectivity index (χ0n) is 6.46. The zero-order valence-corrected chi connectivity index (χ0v) is 10.9. The Morgan fingerprint density at radius 3 is 2.55 bits per heavy atom. The van der Waals surface area contributed by atoms with Crippen molar-refractivity contribution in [2.24, 2.45) is 0 Å². The molecular weight excluding hydrogens is 211 g/mol. The summed E-state index contributed by atoms with van der Waals surface area (Å²) in [5.74, 6) is -0.244. The average molecular weight is 218 g/mol. The fourth-order valence-corrected chi connectivity index (χ4v) is 0.885. The monoisotopic (exact) mass is 218 g/mol. The molecule has 0 spiro atoms. The van der Waals surface area contributed by atoms with Crippen molar-refractivity contribution in [1.82, 2.24) is 0 Å². The topological polar surface area (TPSA) is 26.3 Å². The molecule has 0 rings (SSSR count). The molecule has 58 valence electrons. The first kappa shape index (κ1) is 14.8. The Balaban J connectivity index is 0. The van der Waals surface area contributed by atoms with E-state index in [-0.39, 0.29) is 35.5 Å². The maximum absolute atomic E-state index is 10.5. The second kappa shape index (κ2) is 9.35. The van der Waals surface area contributed by atoms with Crippen LogP contribution in [0, 0.1) is 0 Å². The maximum atomic E-state index is 10.5. The molecule has 0 aromatic carbocycles. The van der Waals surface area contributed by atoms with Crippen LogP contribution in [-0.4, -0.2) is 17.3 Å². The summed E-state index contributed by atoms with van der Waals surface area (Å²) in [7, 11) is 2.44. The molecule has 0 fully saturated rings. The number of rotatable bonds is 3. The van der Waals surface area contributed by atoms with Crippen LogP contribution in [-0.2, 0) is 21.2 Å². The Bertz CT molecular complexity index is 124. The molecule has 0 aliphatic rings. The maximum Gasteiger partial charge on any atom is 1.00 e. The Hall–Kier alpha value is 1.26. The third kappa shape index (κ3) is 9.17. The van der Waals surface area contributed by atoms with E-state index < -0.39 is 0 Å². The van der Waals surface area contributed by atoms with Crippen LogP contribution in [0.25, 0.3) is 0 Å². The molecular formula is C5H7NaO2S3. The Morgan fingerprint density at radius 1 is 1.64 bits per heavy atom. The van der Waals surface area contributed by atoms with Crippen molar-refractivity contribution in [2.75, 3.05) is 7.11 Å². The van der Waals surface area contributed by atoms with Crippen LogP contribution in [0.5, 0.6) is 0 Å². The standard InChI is InChI=1S/C5H8O2S3.Na/c1-7-4(6)2-3-5(8)10-9;/h9H,2-3H2,1H3;/q;+1/p-1. The average Bonchev–Trinajstić information content (AvgIpc) is 1.99. The molecule has 11 heavy (non-hydrogen) atoms. The first-order valence-corrected chi connectivity index (χ1v) is 4.75. The number of hydrogen-bond donors (Lipinski definition) is 0. The second-order valence-electron chi connectivity index (χ2n) is 1.53. The predicted octanol–water partition coefficient (Wildman–Crippen LogP) is -1.53. The summed E-state index contributed by atoms with van der Waals surface area (Å²) in [5.41, 5.74) is 0. The summed E-state index contributed by atoms with van der Waals surface area (Å²) >= 11 is 9.36. The second-order valence-corrected chi connectivity index (χ2v) is 3.44. The van der Waals surface area contributed by atoms with Crippen LogP contribution in [0.3, 0.4) is 0 Å². The minimum absolute atomic E-state index is 0.